The highest BCUT2D eigenvalue weighted by atomic mass is 32.2. The Morgan fingerprint density at radius 1 is 1.08 bits per heavy atom. The van der Waals surface area contributed by atoms with E-state index in [2.05, 4.69) is 40.4 Å². The SMILES string of the molecule is CCn1c(C)nnc1Sc1nc(CN2CCCC2)nc2sc(C)c(C)c12. The maximum Gasteiger partial charge on any atom is 0.197 e. The summed E-state index contributed by atoms with van der Waals surface area (Å²) in [7, 11) is 0. The number of rotatable bonds is 5. The van der Waals surface area contributed by atoms with Crippen LogP contribution in [0.2, 0.25) is 0 Å². The van der Waals surface area contributed by atoms with Crippen LogP contribution in [0.25, 0.3) is 10.2 Å². The number of hydrogen-bond donors (Lipinski definition) is 0. The van der Waals surface area contributed by atoms with E-state index in [-0.39, 0.29) is 0 Å². The molecular weight excluding hydrogens is 364 g/mol. The van der Waals surface area contributed by atoms with E-state index in [9.17, 15) is 0 Å². The van der Waals surface area contributed by atoms with Crippen molar-refractivity contribution in [3.63, 3.8) is 0 Å². The van der Waals surface area contributed by atoms with Gasteiger partial charge in [0.2, 0.25) is 0 Å². The molecule has 1 fully saturated rings. The smallest absolute Gasteiger partial charge is 0.197 e. The van der Waals surface area contributed by atoms with Crippen LogP contribution in [0.5, 0.6) is 0 Å². The Labute approximate surface area is 162 Å². The van der Waals surface area contributed by atoms with Gasteiger partial charge in [0.05, 0.1) is 6.54 Å². The third-order valence-corrected chi connectivity index (χ3v) is 7.09. The maximum absolute atomic E-state index is 4.95. The zero-order chi connectivity index (χ0) is 18.3. The Balaban J connectivity index is 1.77. The summed E-state index contributed by atoms with van der Waals surface area (Å²) in [5, 5.41) is 11.7. The second-order valence-electron chi connectivity index (χ2n) is 6.77. The van der Waals surface area contributed by atoms with E-state index in [0.29, 0.717) is 0 Å². The van der Waals surface area contributed by atoms with E-state index in [4.69, 9.17) is 9.97 Å². The summed E-state index contributed by atoms with van der Waals surface area (Å²) in [6.07, 6.45) is 2.56. The highest BCUT2D eigenvalue weighted by Gasteiger charge is 2.20. The Kier molecular flexibility index (Phi) is 4.98. The van der Waals surface area contributed by atoms with Gasteiger partial charge in [0, 0.05) is 16.8 Å². The van der Waals surface area contributed by atoms with E-state index >= 15 is 0 Å². The molecule has 1 saturated heterocycles. The van der Waals surface area contributed by atoms with Crippen molar-refractivity contribution in [3.05, 3.63) is 22.1 Å². The molecule has 6 nitrogen and oxygen atoms in total. The summed E-state index contributed by atoms with van der Waals surface area (Å²) < 4.78 is 2.13. The van der Waals surface area contributed by atoms with Crippen LogP contribution >= 0.6 is 23.1 Å². The molecule has 4 rings (SSSR count). The van der Waals surface area contributed by atoms with Crippen molar-refractivity contribution in [1.82, 2.24) is 29.6 Å². The van der Waals surface area contributed by atoms with Gasteiger partial charge in [0.1, 0.15) is 21.5 Å². The highest BCUT2D eigenvalue weighted by Crippen LogP contribution is 2.37. The van der Waals surface area contributed by atoms with E-state index in [1.165, 1.54) is 28.7 Å². The summed E-state index contributed by atoms with van der Waals surface area (Å²) in [4.78, 5) is 14.7. The molecule has 3 aromatic rings. The number of likely N-dealkylation sites (tertiary alicyclic amines) is 1. The summed E-state index contributed by atoms with van der Waals surface area (Å²) in [6, 6.07) is 0. The van der Waals surface area contributed by atoms with Crippen molar-refractivity contribution in [2.45, 2.75) is 63.8 Å². The molecular formula is C18H24N6S2. The molecule has 0 bridgehead atoms. The fourth-order valence-corrected chi connectivity index (χ4v) is 5.67. The Bertz CT molecular complexity index is 939. The van der Waals surface area contributed by atoms with Gasteiger partial charge in [0.15, 0.2) is 5.16 Å². The molecule has 138 valence electrons. The lowest BCUT2D eigenvalue weighted by molar-refractivity contribution is 0.322. The Hall–Kier alpha value is -1.51. The lowest BCUT2D eigenvalue weighted by atomic mass is 10.2. The molecule has 0 atom stereocenters. The van der Waals surface area contributed by atoms with Gasteiger partial charge < -0.3 is 4.57 Å². The van der Waals surface area contributed by atoms with Crippen molar-refractivity contribution in [3.8, 4) is 0 Å². The molecule has 3 aromatic heterocycles. The molecule has 26 heavy (non-hydrogen) atoms. The number of aryl methyl sites for hydroxylation is 3. The lowest BCUT2D eigenvalue weighted by Crippen LogP contribution is -2.20. The highest BCUT2D eigenvalue weighted by molar-refractivity contribution is 7.99. The van der Waals surface area contributed by atoms with Crippen molar-refractivity contribution < 1.29 is 0 Å². The average molecular weight is 389 g/mol. The summed E-state index contributed by atoms with van der Waals surface area (Å²) in [6.45, 7) is 12.4. The van der Waals surface area contributed by atoms with Crippen LogP contribution in [0.3, 0.4) is 0 Å². The van der Waals surface area contributed by atoms with Gasteiger partial charge in [-0.05, 0) is 71.0 Å². The zero-order valence-electron chi connectivity index (χ0n) is 15.7. The molecule has 4 heterocycles. The first-order chi connectivity index (χ1) is 12.6. The first-order valence-electron chi connectivity index (χ1n) is 9.13. The summed E-state index contributed by atoms with van der Waals surface area (Å²) >= 11 is 3.38. The third kappa shape index (κ3) is 3.25. The van der Waals surface area contributed by atoms with Gasteiger partial charge in [-0.3, -0.25) is 4.90 Å². The van der Waals surface area contributed by atoms with E-state index in [1.54, 1.807) is 23.1 Å². The van der Waals surface area contributed by atoms with Crippen molar-refractivity contribution in [2.75, 3.05) is 13.1 Å². The standard InChI is InChI=1S/C18H24N6S2/c1-5-24-13(4)21-22-18(24)26-17-15-11(2)12(3)25-16(15)19-14(20-17)10-23-8-6-7-9-23/h5-10H2,1-4H3. The molecule has 0 radical (unpaired) electrons. The van der Waals surface area contributed by atoms with E-state index in [1.807, 2.05) is 6.92 Å². The molecule has 0 aliphatic carbocycles. The number of nitrogens with zero attached hydrogens (tertiary/aromatic N) is 6. The van der Waals surface area contributed by atoms with Crippen LogP contribution < -0.4 is 0 Å². The molecule has 1 aliphatic rings. The predicted molar refractivity (Wildman–Crippen MR) is 106 cm³/mol. The van der Waals surface area contributed by atoms with E-state index in [0.717, 1.165) is 52.8 Å². The number of fused-ring (bicyclic) bond motifs is 1. The van der Waals surface area contributed by atoms with Gasteiger partial charge in [-0.2, -0.15) is 0 Å². The first kappa shape index (κ1) is 17.9. The van der Waals surface area contributed by atoms with Crippen LogP contribution in [0, 0.1) is 20.8 Å². The van der Waals surface area contributed by atoms with Gasteiger partial charge in [-0.1, -0.05) is 0 Å². The zero-order valence-corrected chi connectivity index (χ0v) is 17.4. The summed E-state index contributed by atoms with van der Waals surface area (Å²) in [5.41, 5.74) is 1.28. The second kappa shape index (κ2) is 7.25. The predicted octanol–water partition coefficient (Wildman–Crippen LogP) is 3.97. The Morgan fingerprint density at radius 2 is 1.85 bits per heavy atom. The van der Waals surface area contributed by atoms with Crippen molar-refractivity contribution >= 4 is 33.3 Å². The average Bonchev–Trinajstić information content (AvgIpc) is 3.30. The number of aromatic nitrogens is 5. The van der Waals surface area contributed by atoms with Gasteiger partial charge in [-0.15, -0.1) is 21.5 Å². The Morgan fingerprint density at radius 3 is 2.58 bits per heavy atom. The molecule has 0 aromatic carbocycles. The second-order valence-corrected chi connectivity index (χ2v) is 8.93. The molecule has 8 heteroatoms. The van der Waals surface area contributed by atoms with Crippen molar-refractivity contribution in [1.29, 1.82) is 0 Å². The fraction of sp³-hybridized carbons (Fsp3) is 0.556. The molecule has 0 saturated carbocycles. The monoisotopic (exact) mass is 388 g/mol. The first-order valence-corrected chi connectivity index (χ1v) is 10.8. The van der Waals surface area contributed by atoms with Crippen LogP contribution in [0.15, 0.2) is 10.2 Å². The quantitative estimate of drug-likeness (QED) is 0.616. The molecule has 1 aliphatic heterocycles. The van der Waals surface area contributed by atoms with Gasteiger partial charge in [-0.25, -0.2) is 9.97 Å². The normalized spacial score (nSPS) is 15.4. The maximum atomic E-state index is 4.95. The number of hydrogen-bond acceptors (Lipinski definition) is 7. The largest absolute Gasteiger partial charge is 0.306 e. The van der Waals surface area contributed by atoms with Crippen LogP contribution in [0.4, 0.5) is 0 Å². The molecule has 0 spiro atoms. The van der Waals surface area contributed by atoms with Crippen LogP contribution in [-0.2, 0) is 13.1 Å². The minimum absolute atomic E-state index is 0.832. The van der Waals surface area contributed by atoms with Crippen LogP contribution in [0.1, 0.15) is 41.9 Å². The fourth-order valence-electron chi connectivity index (χ4n) is 3.43. The van der Waals surface area contributed by atoms with Gasteiger partial charge >= 0.3 is 0 Å². The summed E-state index contributed by atoms with van der Waals surface area (Å²) in [5.74, 6) is 1.86. The molecule has 0 amide bonds. The van der Waals surface area contributed by atoms with Crippen molar-refractivity contribution in [2.24, 2.45) is 0 Å². The molecule has 0 unspecified atom stereocenters. The van der Waals surface area contributed by atoms with Gasteiger partial charge in [0.25, 0.3) is 0 Å². The van der Waals surface area contributed by atoms with Crippen LogP contribution in [-0.4, -0.2) is 42.7 Å². The lowest BCUT2D eigenvalue weighted by Gasteiger charge is -2.14. The third-order valence-electron chi connectivity index (χ3n) is 5.01. The van der Waals surface area contributed by atoms with E-state index < -0.39 is 0 Å². The minimum atomic E-state index is 0.832. The topological polar surface area (TPSA) is 59.7 Å². The molecule has 0 N–H and O–H groups in total. The minimum Gasteiger partial charge on any atom is -0.306 e. The number of thiophene rings is 1.